The van der Waals surface area contributed by atoms with Gasteiger partial charge in [-0.15, -0.1) is 0 Å². The molecule has 0 atom stereocenters. The van der Waals surface area contributed by atoms with E-state index in [2.05, 4.69) is 14.9 Å². The minimum Gasteiger partial charge on any atom is -0.465 e. The second-order valence-electron chi connectivity index (χ2n) is 3.42. The highest BCUT2D eigenvalue weighted by atomic mass is 35.5. The lowest BCUT2D eigenvalue weighted by atomic mass is 10.0. The number of nitrogens with one attached hydrogen (secondary N) is 1. The number of halogens is 1. The molecule has 1 heterocycles. The van der Waals surface area contributed by atoms with Crippen LogP contribution in [0.3, 0.4) is 0 Å². The topological polar surface area (TPSA) is 78.8 Å². The van der Waals surface area contributed by atoms with Crippen molar-refractivity contribution < 1.29 is 9.53 Å². The Hall–Kier alpha value is -2.32. The summed E-state index contributed by atoms with van der Waals surface area (Å²) in [5.41, 5.74) is 1.58. The minimum absolute atomic E-state index is 0.221. The summed E-state index contributed by atoms with van der Waals surface area (Å²) in [5.74, 6) is -0.524. The average molecular weight is 262 g/mol. The van der Waals surface area contributed by atoms with Gasteiger partial charge in [-0.25, -0.2) is 4.79 Å². The van der Waals surface area contributed by atoms with Crippen molar-refractivity contribution in [1.29, 1.82) is 5.26 Å². The molecule has 0 aliphatic carbocycles. The molecule has 5 nitrogen and oxygen atoms in total. The molecule has 0 saturated carbocycles. The number of esters is 1. The van der Waals surface area contributed by atoms with E-state index in [-0.39, 0.29) is 16.3 Å². The summed E-state index contributed by atoms with van der Waals surface area (Å²) < 4.78 is 4.63. The van der Waals surface area contributed by atoms with E-state index < -0.39 is 5.97 Å². The molecule has 0 fully saturated rings. The molecule has 6 heteroatoms. The average Bonchev–Trinajstić information content (AvgIpc) is 2.86. The van der Waals surface area contributed by atoms with E-state index in [1.807, 2.05) is 6.07 Å². The Kier molecular flexibility index (Phi) is 3.31. The number of rotatable bonds is 2. The largest absolute Gasteiger partial charge is 0.465 e. The smallest absolute Gasteiger partial charge is 0.339 e. The van der Waals surface area contributed by atoms with Crippen molar-refractivity contribution in [3.05, 3.63) is 40.7 Å². The number of H-pyrrole nitrogens is 1. The number of carbonyl (C=O) groups is 1. The van der Waals surface area contributed by atoms with Gasteiger partial charge in [0.2, 0.25) is 0 Å². The first-order chi connectivity index (χ1) is 8.69. The van der Waals surface area contributed by atoms with Crippen LogP contribution in [0.25, 0.3) is 11.1 Å². The zero-order valence-electron chi connectivity index (χ0n) is 9.40. The summed E-state index contributed by atoms with van der Waals surface area (Å²) >= 11 is 6.15. The van der Waals surface area contributed by atoms with Gasteiger partial charge in [0.1, 0.15) is 6.07 Å². The molecule has 2 aromatic rings. The lowest BCUT2D eigenvalue weighted by Gasteiger charge is -2.06. The number of hydrogen-bond acceptors (Lipinski definition) is 4. The Morgan fingerprint density at radius 3 is 2.94 bits per heavy atom. The zero-order valence-corrected chi connectivity index (χ0v) is 10.2. The van der Waals surface area contributed by atoms with Gasteiger partial charge in [-0.05, 0) is 6.07 Å². The fourth-order valence-electron chi connectivity index (χ4n) is 1.59. The molecule has 0 spiro atoms. The number of aromatic nitrogens is 2. The molecule has 1 aromatic carbocycles. The van der Waals surface area contributed by atoms with Gasteiger partial charge >= 0.3 is 5.97 Å². The van der Waals surface area contributed by atoms with Gasteiger partial charge in [-0.3, -0.25) is 5.10 Å². The fourth-order valence-corrected chi connectivity index (χ4v) is 1.89. The van der Waals surface area contributed by atoms with Crippen LogP contribution in [-0.4, -0.2) is 23.3 Å². The van der Waals surface area contributed by atoms with Crippen molar-refractivity contribution in [3.63, 3.8) is 0 Å². The van der Waals surface area contributed by atoms with Crippen LogP contribution in [-0.2, 0) is 4.74 Å². The van der Waals surface area contributed by atoms with Crippen LogP contribution in [0.15, 0.2) is 24.4 Å². The number of carbonyl (C=O) groups excluding carboxylic acids is 1. The Labute approximate surface area is 108 Å². The van der Waals surface area contributed by atoms with Gasteiger partial charge in [0, 0.05) is 17.3 Å². The van der Waals surface area contributed by atoms with Crippen LogP contribution in [0.4, 0.5) is 0 Å². The molecule has 0 unspecified atom stereocenters. The van der Waals surface area contributed by atoms with Crippen LogP contribution in [0, 0.1) is 11.3 Å². The van der Waals surface area contributed by atoms with E-state index in [1.54, 1.807) is 24.4 Å². The predicted molar refractivity (Wildman–Crippen MR) is 65.1 cm³/mol. The lowest BCUT2D eigenvalue weighted by molar-refractivity contribution is 0.0601. The van der Waals surface area contributed by atoms with Gasteiger partial charge in [0.25, 0.3) is 0 Å². The molecule has 0 aliphatic heterocycles. The second kappa shape index (κ2) is 4.90. The van der Waals surface area contributed by atoms with Gasteiger partial charge < -0.3 is 4.74 Å². The predicted octanol–water partition coefficient (Wildman–Crippen LogP) is 2.39. The quantitative estimate of drug-likeness (QED) is 0.842. The summed E-state index contributed by atoms with van der Waals surface area (Å²) in [7, 11) is 1.28. The molecule has 0 radical (unpaired) electrons. The van der Waals surface area contributed by atoms with Crippen molar-refractivity contribution in [2.24, 2.45) is 0 Å². The molecule has 0 saturated heterocycles. The first-order valence-corrected chi connectivity index (χ1v) is 5.38. The van der Waals surface area contributed by atoms with E-state index in [9.17, 15) is 4.79 Å². The fraction of sp³-hybridized carbons (Fsp3) is 0.0833. The summed E-state index contributed by atoms with van der Waals surface area (Å²) in [5, 5.41) is 15.5. The maximum atomic E-state index is 11.5. The molecule has 1 N–H and O–H groups in total. The van der Waals surface area contributed by atoms with Crippen LogP contribution < -0.4 is 0 Å². The minimum atomic E-state index is -0.524. The third-order valence-corrected chi connectivity index (χ3v) is 2.85. The highest BCUT2D eigenvalue weighted by Gasteiger charge is 2.17. The van der Waals surface area contributed by atoms with E-state index in [0.29, 0.717) is 11.1 Å². The SMILES string of the molecule is COC(=O)c1cccc(-c2c[nH]nc2C#N)c1Cl. The van der Waals surface area contributed by atoms with Gasteiger partial charge in [0.05, 0.1) is 17.7 Å². The Balaban J connectivity index is 2.60. The molecule has 0 amide bonds. The van der Waals surface area contributed by atoms with Crippen molar-refractivity contribution in [2.45, 2.75) is 0 Å². The van der Waals surface area contributed by atoms with E-state index in [1.165, 1.54) is 7.11 Å². The van der Waals surface area contributed by atoms with Crippen molar-refractivity contribution in [3.8, 4) is 17.2 Å². The number of nitriles is 1. The van der Waals surface area contributed by atoms with E-state index in [4.69, 9.17) is 16.9 Å². The molecule has 0 aliphatic rings. The number of benzene rings is 1. The number of aromatic amines is 1. The Morgan fingerprint density at radius 1 is 1.50 bits per heavy atom. The van der Waals surface area contributed by atoms with E-state index in [0.717, 1.165) is 0 Å². The van der Waals surface area contributed by atoms with Gasteiger partial charge in [-0.1, -0.05) is 23.7 Å². The molecule has 1 aromatic heterocycles. The highest BCUT2D eigenvalue weighted by molar-refractivity contribution is 6.36. The monoisotopic (exact) mass is 261 g/mol. The van der Waals surface area contributed by atoms with Gasteiger partial charge in [-0.2, -0.15) is 10.4 Å². The molecule has 0 bridgehead atoms. The van der Waals surface area contributed by atoms with Crippen LogP contribution in [0.5, 0.6) is 0 Å². The Bertz CT molecular complexity index is 643. The second-order valence-corrected chi connectivity index (χ2v) is 3.80. The number of methoxy groups -OCH3 is 1. The van der Waals surface area contributed by atoms with Crippen LogP contribution in [0.2, 0.25) is 5.02 Å². The summed E-state index contributed by atoms with van der Waals surface area (Å²) in [6.45, 7) is 0. The molecule has 18 heavy (non-hydrogen) atoms. The Morgan fingerprint density at radius 2 is 2.28 bits per heavy atom. The molecule has 90 valence electrons. The lowest BCUT2D eigenvalue weighted by Crippen LogP contribution is -2.02. The summed E-state index contributed by atoms with van der Waals surface area (Å²) in [6.07, 6.45) is 1.56. The maximum absolute atomic E-state index is 11.5. The first-order valence-electron chi connectivity index (χ1n) is 5.00. The number of hydrogen-bond donors (Lipinski definition) is 1. The zero-order chi connectivity index (χ0) is 13.1. The normalized spacial score (nSPS) is 9.83. The van der Waals surface area contributed by atoms with Gasteiger partial charge in [0.15, 0.2) is 5.69 Å². The summed E-state index contributed by atoms with van der Waals surface area (Å²) in [4.78, 5) is 11.5. The van der Waals surface area contributed by atoms with Crippen LogP contribution in [0.1, 0.15) is 16.1 Å². The maximum Gasteiger partial charge on any atom is 0.339 e. The third kappa shape index (κ3) is 1.94. The first kappa shape index (κ1) is 12.1. The van der Waals surface area contributed by atoms with Crippen molar-refractivity contribution in [1.82, 2.24) is 10.2 Å². The standard InChI is InChI=1S/C12H8ClN3O2/c1-18-12(17)8-4-2-3-7(11(8)13)9-6-15-16-10(9)5-14/h2-4,6H,1H3,(H,15,16). The van der Waals surface area contributed by atoms with E-state index >= 15 is 0 Å². The molecule has 2 rings (SSSR count). The third-order valence-electron chi connectivity index (χ3n) is 2.44. The highest BCUT2D eigenvalue weighted by Crippen LogP contribution is 2.32. The summed E-state index contributed by atoms with van der Waals surface area (Å²) in [6, 6.07) is 6.88. The van der Waals surface area contributed by atoms with Crippen molar-refractivity contribution in [2.75, 3.05) is 7.11 Å². The molecular weight excluding hydrogens is 254 g/mol. The number of ether oxygens (including phenoxy) is 1. The number of nitrogens with zero attached hydrogens (tertiary/aromatic N) is 2. The van der Waals surface area contributed by atoms with Crippen molar-refractivity contribution >= 4 is 17.6 Å². The molecular formula is C12H8ClN3O2. The van der Waals surface area contributed by atoms with Crippen LogP contribution >= 0.6 is 11.6 Å².